The first kappa shape index (κ1) is 28.7. The van der Waals surface area contributed by atoms with Crippen molar-refractivity contribution in [3.63, 3.8) is 0 Å². The van der Waals surface area contributed by atoms with Crippen molar-refractivity contribution in [3.05, 3.63) is 46.0 Å². The predicted octanol–water partition coefficient (Wildman–Crippen LogP) is 4.85. The van der Waals surface area contributed by atoms with Gasteiger partial charge in [0.2, 0.25) is 11.5 Å². The molecular weight excluding hydrogens is 466 g/mol. The summed E-state index contributed by atoms with van der Waals surface area (Å²) in [6, 6.07) is 7.27. The molecule has 1 heterocycles. The summed E-state index contributed by atoms with van der Waals surface area (Å²) < 4.78 is 21.6. The maximum atomic E-state index is 12.8. The lowest BCUT2D eigenvalue weighted by molar-refractivity contribution is -0.385. The minimum Gasteiger partial charge on any atom is -0.493 e. The van der Waals surface area contributed by atoms with E-state index in [1.165, 1.54) is 51.7 Å². The van der Waals surface area contributed by atoms with Gasteiger partial charge in [0.1, 0.15) is 5.75 Å². The number of carbonyl (C=O) groups is 1. The van der Waals surface area contributed by atoms with E-state index in [0.29, 0.717) is 35.8 Å². The van der Waals surface area contributed by atoms with Crippen molar-refractivity contribution in [2.75, 3.05) is 54.6 Å². The number of nitro groups is 1. The lowest BCUT2D eigenvalue weighted by Gasteiger charge is -2.32. The number of hydrogen-bond donors (Lipinski definition) is 0. The number of nitro benzene ring substituents is 1. The molecule has 0 unspecified atom stereocenters. The Morgan fingerprint density at radius 2 is 1.42 bits per heavy atom. The maximum absolute atomic E-state index is 12.8. The molecule has 2 aromatic rings. The largest absolute Gasteiger partial charge is 0.493 e. The van der Waals surface area contributed by atoms with Gasteiger partial charge in [-0.1, -0.05) is 27.7 Å². The highest BCUT2D eigenvalue weighted by Gasteiger charge is 2.25. The van der Waals surface area contributed by atoms with Gasteiger partial charge in [-0.15, -0.1) is 0 Å². The minimum absolute atomic E-state index is 0.00537. The van der Waals surface area contributed by atoms with Crippen LogP contribution in [0.5, 0.6) is 28.7 Å². The lowest BCUT2D eigenvalue weighted by atomic mass is 10.0. The SMILES string of the molecule is CC(C)(C)C.COc1cc(Oc2ccc(C(=O)N3CCN(C)CC3)cc2[N+](=O)[O-])cc(OC)c1OC. The van der Waals surface area contributed by atoms with E-state index in [2.05, 4.69) is 32.6 Å². The van der Waals surface area contributed by atoms with Gasteiger partial charge in [0, 0.05) is 49.9 Å². The number of rotatable bonds is 7. The molecule has 0 atom stereocenters. The molecule has 36 heavy (non-hydrogen) atoms. The highest BCUT2D eigenvalue weighted by molar-refractivity contribution is 5.95. The van der Waals surface area contributed by atoms with E-state index in [-0.39, 0.29) is 28.7 Å². The summed E-state index contributed by atoms with van der Waals surface area (Å²) in [5.41, 5.74) is 0.433. The molecular formula is C26H37N3O7. The van der Waals surface area contributed by atoms with Crippen LogP contribution in [0.1, 0.15) is 38.1 Å². The predicted molar refractivity (Wildman–Crippen MR) is 138 cm³/mol. The molecule has 0 radical (unpaired) electrons. The molecule has 0 N–H and O–H groups in total. The van der Waals surface area contributed by atoms with Crippen molar-refractivity contribution in [3.8, 4) is 28.7 Å². The molecule has 10 nitrogen and oxygen atoms in total. The molecule has 198 valence electrons. The molecule has 2 aromatic carbocycles. The van der Waals surface area contributed by atoms with Crippen LogP contribution in [0.2, 0.25) is 0 Å². The second kappa shape index (κ2) is 12.4. The van der Waals surface area contributed by atoms with Crippen LogP contribution in [0.25, 0.3) is 0 Å². The molecule has 0 aromatic heterocycles. The Morgan fingerprint density at radius 1 is 0.889 bits per heavy atom. The first-order valence-corrected chi connectivity index (χ1v) is 11.6. The molecule has 1 amide bonds. The van der Waals surface area contributed by atoms with Crippen LogP contribution in [-0.4, -0.2) is 75.2 Å². The number of hydrogen-bond acceptors (Lipinski definition) is 8. The number of nitrogens with zero attached hydrogens (tertiary/aromatic N) is 3. The number of carbonyl (C=O) groups excluding carboxylic acids is 1. The zero-order chi connectivity index (χ0) is 27.0. The Labute approximate surface area is 212 Å². The third kappa shape index (κ3) is 8.01. The zero-order valence-electron chi connectivity index (χ0n) is 22.4. The zero-order valence-corrected chi connectivity index (χ0v) is 22.4. The highest BCUT2D eigenvalue weighted by atomic mass is 16.6. The van der Waals surface area contributed by atoms with Gasteiger partial charge in [0.25, 0.3) is 5.91 Å². The molecule has 0 bridgehead atoms. The Balaban J connectivity index is 0.000000830. The quantitative estimate of drug-likeness (QED) is 0.390. The summed E-state index contributed by atoms with van der Waals surface area (Å²) in [6.45, 7) is 11.4. The van der Waals surface area contributed by atoms with Crippen LogP contribution < -0.4 is 18.9 Å². The number of likely N-dealkylation sites (N-methyl/N-ethyl adjacent to an activating group) is 1. The van der Waals surface area contributed by atoms with Gasteiger partial charge in [-0.25, -0.2) is 0 Å². The highest BCUT2D eigenvalue weighted by Crippen LogP contribution is 2.43. The maximum Gasteiger partial charge on any atom is 0.312 e. The average molecular weight is 504 g/mol. The molecule has 0 spiro atoms. The van der Waals surface area contributed by atoms with Crippen molar-refractivity contribution in [1.29, 1.82) is 0 Å². The Bertz CT molecular complexity index is 1030. The van der Waals surface area contributed by atoms with Crippen molar-refractivity contribution >= 4 is 11.6 Å². The van der Waals surface area contributed by atoms with Crippen LogP contribution in [-0.2, 0) is 0 Å². The molecule has 1 saturated heterocycles. The molecule has 1 fully saturated rings. The van der Waals surface area contributed by atoms with Crippen LogP contribution in [0.3, 0.4) is 0 Å². The van der Waals surface area contributed by atoms with Gasteiger partial charge in [0.05, 0.1) is 26.3 Å². The van der Waals surface area contributed by atoms with Gasteiger partial charge in [-0.2, -0.15) is 0 Å². The average Bonchev–Trinajstić information content (AvgIpc) is 2.82. The van der Waals surface area contributed by atoms with Crippen LogP contribution in [0, 0.1) is 15.5 Å². The standard InChI is InChI=1S/C21H25N3O7.C5H12/c1-22-7-9-23(10-8-22)21(25)14-5-6-17(16(11-14)24(26)27)31-15-12-18(28-2)20(30-4)19(13-15)29-3;1-5(2,3)4/h5-6,11-13H,7-10H2,1-4H3;1-4H3. The monoisotopic (exact) mass is 503 g/mol. The smallest absolute Gasteiger partial charge is 0.312 e. The third-order valence-corrected chi connectivity index (χ3v) is 5.06. The number of piperazine rings is 1. The summed E-state index contributed by atoms with van der Waals surface area (Å²) in [7, 11) is 6.38. The summed E-state index contributed by atoms with van der Waals surface area (Å²) in [5, 5.41) is 11.7. The van der Waals surface area contributed by atoms with Gasteiger partial charge >= 0.3 is 5.69 Å². The van der Waals surface area contributed by atoms with E-state index >= 15 is 0 Å². The summed E-state index contributed by atoms with van der Waals surface area (Å²) in [4.78, 5) is 27.7. The number of amides is 1. The van der Waals surface area contributed by atoms with Gasteiger partial charge < -0.3 is 28.7 Å². The van der Waals surface area contributed by atoms with Gasteiger partial charge in [0.15, 0.2) is 11.5 Å². The normalized spacial score (nSPS) is 13.8. The molecule has 0 aliphatic carbocycles. The fourth-order valence-corrected chi connectivity index (χ4v) is 3.31. The number of methoxy groups -OCH3 is 3. The van der Waals surface area contributed by atoms with Crippen LogP contribution in [0.15, 0.2) is 30.3 Å². The fraction of sp³-hybridized carbons (Fsp3) is 0.500. The summed E-state index contributed by atoms with van der Waals surface area (Å²) >= 11 is 0. The van der Waals surface area contributed by atoms with E-state index in [4.69, 9.17) is 18.9 Å². The molecule has 3 rings (SSSR count). The summed E-state index contributed by atoms with van der Waals surface area (Å²) in [5.74, 6) is 1.09. The van der Waals surface area contributed by atoms with Crippen molar-refractivity contribution in [2.24, 2.45) is 5.41 Å². The molecule has 10 heteroatoms. The van der Waals surface area contributed by atoms with E-state index in [9.17, 15) is 14.9 Å². The Hall–Kier alpha value is -3.53. The van der Waals surface area contributed by atoms with Crippen LogP contribution in [0.4, 0.5) is 5.69 Å². The Morgan fingerprint density at radius 3 is 1.86 bits per heavy atom. The molecule has 1 aliphatic rings. The molecule has 1 aliphatic heterocycles. The van der Waals surface area contributed by atoms with E-state index in [1.54, 1.807) is 4.90 Å². The van der Waals surface area contributed by atoms with E-state index in [0.717, 1.165) is 13.1 Å². The second-order valence-corrected chi connectivity index (χ2v) is 10.00. The third-order valence-electron chi connectivity index (χ3n) is 5.06. The van der Waals surface area contributed by atoms with Crippen molar-refractivity contribution < 1.29 is 28.7 Å². The van der Waals surface area contributed by atoms with E-state index < -0.39 is 4.92 Å². The molecule has 0 saturated carbocycles. The van der Waals surface area contributed by atoms with E-state index in [1.807, 2.05) is 7.05 Å². The summed E-state index contributed by atoms with van der Waals surface area (Å²) in [6.07, 6.45) is 0. The fourth-order valence-electron chi connectivity index (χ4n) is 3.31. The first-order chi connectivity index (χ1) is 16.9. The Kier molecular flexibility index (Phi) is 9.92. The minimum atomic E-state index is -0.575. The lowest BCUT2D eigenvalue weighted by Crippen LogP contribution is -2.47. The number of ether oxygens (including phenoxy) is 4. The van der Waals surface area contributed by atoms with Crippen molar-refractivity contribution in [2.45, 2.75) is 27.7 Å². The topological polar surface area (TPSA) is 104 Å². The number of benzene rings is 2. The van der Waals surface area contributed by atoms with Gasteiger partial charge in [-0.3, -0.25) is 14.9 Å². The van der Waals surface area contributed by atoms with Gasteiger partial charge in [-0.05, 0) is 24.6 Å². The first-order valence-electron chi connectivity index (χ1n) is 11.6. The van der Waals surface area contributed by atoms with Crippen LogP contribution >= 0.6 is 0 Å². The second-order valence-electron chi connectivity index (χ2n) is 10.00. The van der Waals surface area contributed by atoms with Crippen molar-refractivity contribution in [1.82, 2.24) is 9.80 Å².